The van der Waals surface area contributed by atoms with Gasteiger partial charge in [0.15, 0.2) is 0 Å². The lowest BCUT2D eigenvalue weighted by atomic mass is 10.0. The Labute approximate surface area is 157 Å². The number of hydrogen-bond acceptors (Lipinski definition) is 5. The number of amides is 3. The van der Waals surface area contributed by atoms with Crippen molar-refractivity contribution in [2.75, 3.05) is 6.54 Å². The molecule has 0 radical (unpaired) electrons. The van der Waals surface area contributed by atoms with Crippen LogP contribution in [0.3, 0.4) is 0 Å². The van der Waals surface area contributed by atoms with Crippen molar-refractivity contribution in [3.63, 3.8) is 0 Å². The highest BCUT2D eigenvalue weighted by molar-refractivity contribution is 6.05. The van der Waals surface area contributed by atoms with Crippen LogP contribution in [0.2, 0.25) is 0 Å². The van der Waals surface area contributed by atoms with Crippen LogP contribution in [0.25, 0.3) is 0 Å². The second-order valence-electron chi connectivity index (χ2n) is 8.08. The first kappa shape index (κ1) is 16.9. The fraction of sp³-hybridized carbons (Fsp3) is 0.550. The van der Waals surface area contributed by atoms with Gasteiger partial charge in [0.1, 0.15) is 6.04 Å². The average molecular weight is 368 g/mol. The summed E-state index contributed by atoms with van der Waals surface area (Å²) >= 11 is 0. The van der Waals surface area contributed by atoms with Crippen LogP contribution < -0.4 is 16.0 Å². The minimum absolute atomic E-state index is 0.108. The summed E-state index contributed by atoms with van der Waals surface area (Å²) in [4.78, 5) is 37.9. The minimum Gasteiger partial charge on any atom is -0.322 e. The van der Waals surface area contributed by atoms with Crippen LogP contribution in [0.4, 0.5) is 0 Å². The largest absolute Gasteiger partial charge is 0.322 e. The van der Waals surface area contributed by atoms with Crippen LogP contribution in [-0.4, -0.2) is 47.3 Å². The Morgan fingerprint density at radius 3 is 2.85 bits per heavy atom. The van der Waals surface area contributed by atoms with Crippen LogP contribution in [0, 0.1) is 5.92 Å². The van der Waals surface area contributed by atoms with E-state index >= 15 is 0 Å². The lowest BCUT2D eigenvalue weighted by Crippen LogP contribution is -2.52. The number of piperidine rings is 2. The molecule has 2 saturated heterocycles. The molecule has 1 aromatic rings. The predicted octanol–water partition coefficient (Wildman–Crippen LogP) is 0.288. The number of benzene rings is 1. The monoisotopic (exact) mass is 368 g/mol. The zero-order valence-electron chi connectivity index (χ0n) is 15.2. The first-order chi connectivity index (χ1) is 13.1. The van der Waals surface area contributed by atoms with Crippen molar-refractivity contribution in [2.45, 2.75) is 56.9 Å². The predicted molar refractivity (Wildman–Crippen MR) is 97.6 cm³/mol. The number of hydrogen-bond donors (Lipinski definition) is 3. The molecule has 27 heavy (non-hydrogen) atoms. The second-order valence-corrected chi connectivity index (χ2v) is 8.08. The van der Waals surface area contributed by atoms with Gasteiger partial charge in [-0.1, -0.05) is 12.1 Å². The number of nitrogens with one attached hydrogen (secondary N) is 3. The Morgan fingerprint density at radius 2 is 2.07 bits per heavy atom. The average Bonchev–Trinajstić information content (AvgIpc) is 3.28. The Bertz CT molecular complexity index is 811. The fourth-order valence-electron chi connectivity index (χ4n) is 4.84. The van der Waals surface area contributed by atoms with Gasteiger partial charge in [0.2, 0.25) is 11.8 Å². The van der Waals surface area contributed by atoms with Gasteiger partial charge in [-0.3, -0.25) is 19.7 Å². The molecule has 142 valence electrons. The number of carbonyl (C=O) groups excluding carboxylic acids is 3. The van der Waals surface area contributed by atoms with Gasteiger partial charge in [0, 0.05) is 37.2 Å². The van der Waals surface area contributed by atoms with Crippen molar-refractivity contribution in [3.05, 3.63) is 34.9 Å². The van der Waals surface area contributed by atoms with Crippen molar-refractivity contribution in [3.8, 4) is 0 Å². The van der Waals surface area contributed by atoms with E-state index in [9.17, 15) is 14.4 Å². The maximum Gasteiger partial charge on any atom is 0.255 e. The van der Waals surface area contributed by atoms with E-state index in [-0.39, 0.29) is 24.1 Å². The summed E-state index contributed by atoms with van der Waals surface area (Å²) < 4.78 is 0. The van der Waals surface area contributed by atoms with Gasteiger partial charge in [-0.2, -0.15) is 0 Å². The molecule has 0 bridgehead atoms. The topological polar surface area (TPSA) is 90.5 Å². The maximum absolute atomic E-state index is 12.9. The first-order valence-electron chi connectivity index (χ1n) is 9.85. The highest BCUT2D eigenvalue weighted by Gasteiger charge is 2.50. The summed E-state index contributed by atoms with van der Waals surface area (Å²) in [6.45, 7) is 2.30. The molecule has 4 unspecified atom stereocenters. The molecule has 3 fully saturated rings. The van der Waals surface area contributed by atoms with E-state index in [0.29, 0.717) is 30.6 Å². The zero-order valence-corrected chi connectivity index (χ0v) is 15.2. The summed E-state index contributed by atoms with van der Waals surface area (Å²) in [5.41, 5.74) is 2.73. The van der Waals surface area contributed by atoms with Crippen molar-refractivity contribution in [1.82, 2.24) is 20.9 Å². The molecule has 0 spiro atoms. The first-order valence-corrected chi connectivity index (χ1v) is 9.85. The van der Waals surface area contributed by atoms with Crippen molar-refractivity contribution < 1.29 is 14.4 Å². The van der Waals surface area contributed by atoms with Gasteiger partial charge in [-0.15, -0.1) is 0 Å². The smallest absolute Gasteiger partial charge is 0.255 e. The van der Waals surface area contributed by atoms with Crippen LogP contribution in [-0.2, 0) is 22.7 Å². The summed E-state index contributed by atoms with van der Waals surface area (Å²) in [5.74, 6) is 0.0166. The molecule has 3 amide bonds. The Hall–Kier alpha value is -2.25. The number of carbonyl (C=O) groups is 3. The van der Waals surface area contributed by atoms with Gasteiger partial charge in [-0.05, 0) is 48.9 Å². The van der Waals surface area contributed by atoms with Gasteiger partial charge in [-0.25, -0.2) is 0 Å². The molecule has 7 heteroatoms. The molecule has 4 atom stereocenters. The lowest BCUT2D eigenvalue weighted by Gasteiger charge is -2.29. The third-order valence-electron chi connectivity index (χ3n) is 6.40. The summed E-state index contributed by atoms with van der Waals surface area (Å²) in [6, 6.07) is 6.61. The van der Waals surface area contributed by atoms with Gasteiger partial charge >= 0.3 is 0 Å². The Morgan fingerprint density at radius 1 is 1.19 bits per heavy atom. The van der Waals surface area contributed by atoms with Gasteiger partial charge < -0.3 is 15.5 Å². The van der Waals surface area contributed by atoms with Crippen molar-refractivity contribution in [2.24, 2.45) is 5.92 Å². The van der Waals surface area contributed by atoms with E-state index in [1.807, 2.05) is 12.1 Å². The molecular weight excluding hydrogens is 344 g/mol. The Balaban J connectivity index is 1.25. The number of fused-ring (bicyclic) bond motifs is 2. The van der Waals surface area contributed by atoms with Crippen LogP contribution in [0.5, 0.6) is 0 Å². The molecule has 4 aliphatic rings. The maximum atomic E-state index is 12.9. The zero-order chi connectivity index (χ0) is 18.5. The minimum atomic E-state index is -0.551. The van der Waals surface area contributed by atoms with E-state index in [1.165, 1.54) is 12.8 Å². The SMILES string of the molecule is O=C1CCC(N2Cc3ccc(CNC4C5CCCNC54)cc3C2=O)C(=O)N1. The van der Waals surface area contributed by atoms with Crippen molar-refractivity contribution >= 4 is 17.7 Å². The lowest BCUT2D eigenvalue weighted by molar-refractivity contribution is -0.136. The van der Waals surface area contributed by atoms with Crippen LogP contribution in [0.15, 0.2) is 18.2 Å². The molecule has 1 saturated carbocycles. The van der Waals surface area contributed by atoms with Crippen LogP contribution in [0.1, 0.15) is 47.2 Å². The molecule has 5 rings (SSSR count). The molecule has 3 aliphatic heterocycles. The molecule has 7 nitrogen and oxygen atoms in total. The van der Waals surface area contributed by atoms with E-state index in [1.54, 1.807) is 4.90 Å². The normalized spacial score (nSPS) is 32.1. The quantitative estimate of drug-likeness (QED) is 0.665. The number of nitrogens with zero attached hydrogens (tertiary/aromatic N) is 1. The molecule has 1 aromatic carbocycles. The van der Waals surface area contributed by atoms with Crippen LogP contribution >= 0.6 is 0 Å². The highest BCUT2D eigenvalue weighted by Crippen LogP contribution is 2.38. The number of rotatable bonds is 4. The van der Waals surface area contributed by atoms with Gasteiger partial charge in [0.05, 0.1) is 0 Å². The van der Waals surface area contributed by atoms with Gasteiger partial charge in [0.25, 0.3) is 5.91 Å². The third-order valence-corrected chi connectivity index (χ3v) is 6.40. The molecule has 1 aliphatic carbocycles. The third kappa shape index (κ3) is 2.95. The van der Waals surface area contributed by atoms with E-state index in [2.05, 4.69) is 22.0 Å². The fourth-order valence-corrected chi connectivity index (χ4v) is 4.84. The summed E-state index contributed by atoms with van der Waals surface area (Å²) in [5, 5.41) is 9.52. The highest BCUT2D eigenvalue weighted by atomic mass is 16.2. The second kappa shape index (κ2) is 6.42. The van der Waals surface area contributed by atoms with E-state index < -0.39 is 6.04 Å². The molecule has 3 N–H and O–H groups in total. The van der Waals surface area contributed by atoms with Crippen molar-refractivity contribution in [1.29, 1.82) is 0 Å². The summed E-state index contributed by atoms with van der Waals surface area (Å²) in [6.07, 6.45) is 3.22. The molecule has 3 heterocycles. The molecular formula is C20H24N4O3. The summed E-state index contributed by atoms with van der Waals surface area (Å²) in [7, 11) is 0. The van der Waals surface area contributed by atoms with E-state index in [0.717, 1.165) is 30.1 Å². The standard InChI is InChI=1S/C20H24N4O3/c25-16-6-5-15(19(26)23-16)24-10-12-4-3-11(8-14(12)20(24)27)9-22-18-13-2-1-7-21-17(13)18/h3-4,8,13,15,17-18,21-22H,1-2,5-7,9-10H2,(H,23,25,26). The van der Waals surface area contributed by atoms with E-state index in [4.69, 9.17) is 0 Å². The Kier molecular flexibility index (Phi) is 4.02. The number of imide groups is 1. The molecule has 0 aromatic heterocycles.